The lowest BCUT2D eigenvalue weighted by molar-refractivity contribution is 0.0268. The van der Waals surface area contributed by atoms with Gasteiger partial charge in [-0.05, 0) is 32.8 Å². The quantitative estimate of drug-likeness (QED) is 0.263. The lowest BCUT2D eigenvalue weighted by Gasteiger charge is -2.24. The minimum Gasteiger partial charge on any atom is -0.377 e. The van der Waals surface area contributed by atoms with Crippen LogP contribution in [0.5, 0.6) is 0 Å². The van der Waals surface area contributed by atoms with E-state index in [0.717, 1.165) is 18.9 Å². The van der Waals surface area contributed by atoms with E-state index in [0.29, 0.717) is 13.2 Å². The van der Waals surface area contributed by atoms with E-state index in [1.165, 1.54) is 5.56 Å². The van der Waals surface area contributed by atoms with Crippen LogP contribution in [0.25, 0.3) is 0 Å². The number of aliphatic imine (C=N–C) groups is 1. The molecule has 0 saturated heterocycles. The molecule has 0 saturated carbocycles. The number of ether oxygens (including phenoxy) is 2. The molecular weight excluding hydrogens is 417 g/mol. The molecule has 0 amide bonds. The largest absolute Gasteiger partial charge is 0.377 e. The van der Waals surface area contributed by atoms with Gasteiger partial charge in [0, 0.05) is 33.9 Å². The van der Waals surface area contributed by atoms with Crippen molar-refractivity contribution < 1.29 is 9.47 Å². The van der Waals surface area contributed by atoms with E-state index >= 15 is 0 Å². The third-order valence-electron chi connectivity index (χ3n) is 3.71. The number of nitrogens with one attached hydrogen (secondary N) is 2. The Morgan fingerprint density at radius 3 is 2.46 bits per heavy atom. The highest BCUT2D eigenvalue weighted by Crippen LogP contribution is 2.15. The van der Waals surface area contributed by atoms with Crippen LogP contribution in [0, 0.1) is 0 Å². The van der Waals surface area contributed by atoms with E-state index in [4.69, 9.17) is 9.47 Å². The second-order valence-electron chi connectivity index (χ2n) is 6.09. The van der Waals surface area contributed by atoms with Gasteiger partial charge in [-0.2, -0.15) is 0 Å². The Morgan fingerprint density at radius 2 is 1.88 bits per heavy atom. The second kappa shape index (κ2) is 12.5. The summed E-state index contributed by atoms with van der Waals surface area (Å²) in [6.45, 7) is 8.37. The van der Waals surface area contributed by atoms with Gasteiger partial charge >= 0.3 is 0 Å². The van der Waals surface area contributed by atoms with E-state index in [-0.39, 0.29) is 35.7 Å². The number of halogens is 1. The standard InChI is InChI=1S/C18H31N3O2.HI/c1-15(16-10-7-6-8-11-16)23-13-9-12-20-17(19-4)21-14-18(2,3)22-5;/h6-8,10-11,15H,9,12-14H2,1-5H3,(H2,19,20,21);1H. The van der Waals surface area contributed by atoms with Gasteiger partial charge in [-0.15, -0.1) is 24.0 Å². The van der Waals surface area contributed by atoms with Gasteiger partial charge in [0.05, 0.1) is 11.7 Å². The Kier molecular flexibility index (Phi) is 12.0. The smallest absolute Gasteiger partial charge is 0.191 e. The normalized spacial score (nSPS) is 13.1. The predicted octanol–water partition coefficient (Wildman–Crippen LogP) is 3.36. The fraction of sp³-hybridized carbons (Fsp3) is 0.611. The summed E-state index contributed by atoms with van der Waals surface area (Å²) in [5.74, 6) is 0.784. The van der Waals surface area contributed by atoms with Crippen molar-refractivity contribution in [2.75, 3.05) is 33.9 Å². The second-order valence-corrected chi connectivity index (χ2v) is 6.09. The SMILES string of the molecule is CN=C(NCCCOC(C)c1ccccc1)NCC(C)(C)OC.I. The van der Waals surface area contributed by atoms with Gasteiger partial charge in [0.25, 0.3) is 0 Å². The zero-order chi connectivity index (χ0) is 17.1. The van der Waals surface area contributed by atoms with Crippen LogP contribution in [0.15, 0.2) is 35.3 Å². The first kappa shape index (κ1) is 23.1. The summed E-state index contributed by atoms with van der Waals surface area (Å²) in [5, 5.41) is 6.54. The third kappa shape index (κ3) is 9.44. The molecule has 0 aromatic heterocycles. The maximum Gasteiger partial charge on any atom is 0.191 e. The van der Waals surface area contributed by atoms with Crippen molar-refractivity contribution in [3.8, 4) is 0 Å². The number of hydrogen-bond donors (Lipinski definition) is 2. The molecule has 0 aliphatic carbocycles. The van der Waals surface area contributed by atoms with Crippen molar-refractivity contribution >= 4 is 29.9 Å². The maximum absolute atomic E-state index is 5.85. The Morgan fingerprint density at radius 1 is 1.21 bits per heavy atom. The van der Waals surface area contributed by atoms with E-state index in [1.807, 2.05) is 32.0 Å². The fourth-order valence-electron chi connectivity index (χ4n) is 1.95. The van der Waals surface area contributed by atoms with Gasteiger partial charge in [0.15, 0.2) is 5.96 Å². The molecule has 1 unspecified atom stereocenters. The summed E-state index contributed by atoms with van der Waals surface area (Å²) >= 11 is 0. The summed E-state index contributed by atoms with van der Waals surface area (Å²) in [5.41, 5.74) is 0.992. The molecule has 5 nitrogen and oxygen atoms in total. The molecule has 0 heterocycles. The number of methoxy groups -OCH3 is 1. The van der Waals surface area contributed by atoms with E-state index < -0.39 is 0 Å². The summed E-state index contributed by atoms with van der Waals surface area (Å²) in [4.78, 5) is 4.20. The molecule has 6 heteroatoms. The van der Waals surface area contributed by atoms with Gasteiger partial charge < -0.3 is 20.1 Å². The molecule has 24 heavy (non-hydrogen) atoms. The molecule has 138 valence electrons. The minimum atomic E-state index is -0.216. The highest BCUT2D eigenvalue weighted by molar-refractivity contribution is 14.0. The molecule has 0 aliphatic heterocycles. The van der Waals surface area contributed by atoms with Crippen molar-refractivity contribution in [1.82, 2.24) is 10.6 Å². The van der Waals surface area contributed by atoms with Crippen LogP contribution in [0.2, 0.25) is 0 Å². The zero-order valence-electron chi connectivity index (χ0n) is 15.5. The average Bonchev–Trinajstić information content (AvgIpc) is 2.57. The summed E-state index contributed by atoms with van der Waals surface area (Å²) in [7, 11) is 3.48. The van der Waals surface area contributed by atoms with Crippen LogP contribution in [-0.4, -0.2) is 45.4 Å². The molecule has 1 aromatic carbocycles. The maximum atomic E-state index is 5.85. The van der Waals surface area contributed by atoms with Crippen LogP contribution < -0.4 is 10.6 Å². The molecule has 0 bridgehead atoms. The third-order valence-corrected chi connectivity index (χ3v) is 3.71. The van der Waals surface area contributed by atoms with E-state index in [9.17, 15) is 0 Å². The molecule has 0 aliphatic rings. The summed E-state index contributed by atoms with van der Waals surface area (Å²) < 4.78 is 11.2. The van der Waals surface area contributed by atoms with Crippen molar-refractivity contribution in [2.24, 2.45) is 4.99 Å². The Hall–Kier alpha value is -0.860. The first-order chi connectivity index (χ1) is 11.0. The number of guanidine groups is 1. The lowest BCUT2D eigenvalue weighted by Crippen LogP contribution is -2.45. The fourth-order valence-corrected chi connectivity index (χ4v) is 1.95. The molecule has 2 N–H and O–H groups in total. The Labute approximate surface area is 163 Å². The van der Waals surface area contributed by atoms with Crippen LogP contribution in [0.1, 0.15) is 38.9 Å². The van der Waals surface area contributed by atoms with Crippen molar-refractivity contribution in [1.29, 1.82) is 0 Å². The van der Waals surface area contributed by atoms with Crippen molar-refractivity contribution in [3.05, 3.63) is 35.9 Å². The predicted molar refractivity (Wildman–Crippen MR) is 111 cm³/mol. The number of rotatable bonds is 9. The lowest BCUT2D eigenvalue weighted by atomic mass is 10.1. The molecule has 1 atom stereocenters. The Bertz CT molecular complexity index is 467. The highest BCUT2D eigenvalue weighted by atomic mass is 127. The zero-order valence-corrected chi connectivity index (χ0v) is 17.8. The molecule has 0 fully saturated rings. The van der Waals surface area contributed by atoms with E-state index in [1.54, 1.807) is 14.2 Å². The number of nitrogens with zero attached hydrogens (tertiary/aromatic N) is 1. The van der Waals surface area contributed by atoms with Gasteiger partial charge in [-0.1, -0.05) is 30.3 Å². The van der Waals surface area contributed by atoms with Gasteiger partial charge in [0.1, 0.15) is 0 Å². The van der Waals surface area contributed by atoms with Gasteiger partial charge in [-0.25, -0.2) is 0 Å². The van der Waals surface area contributed by atoms with Crippen LogP contribution in [0.4, 0.5) is 0 Å². The summed E-state index contributed by atoms with van der Waals surface area (Å²) in [6.07, 6.45) is 1.04. The van der Waals surface area contributed by atoms with Crippen molar-refractivity contribution in [3.63, 3.8) is 0 Å². The number of hydrogen-bond acceptors (Lipinski definition) is 3. The molecule has 1 aromatic rings. The molecule has 0 spiro atoms. The molecular formula is C18H32IN3O2. The van der Waals surface area contributed by atoms with Crippen LogP contribution >= 0.6 is 24.0 Å². The van der Waals surface area contributed by atoms with Crippen LogP contribution in [-0.2, 0) is 9.47 Å². The van der Waals surface area contributed by atoms with Crippen LogP contribution in [0.3, 0.4) is 0 Å². The van der Waals surface area contributed by atoms with E-state index in [2.05, 4.69) is 34.7 Å². The molecule has 0 radical (unpaired) electrons. The first-order valence-electron chi connectivity index (χ1n) is 8.14. The minimum absolute atomic E-state index is 0. The molecule has 1 rings (SSSR count). The van der Waals surface area contributed by atoms with Crippen molar-refractivity contribution in [2.45, 2.75) is 38.9 Å². The average molecular weight is 449 g/mol. The monoisotopic (exact) mass is 449 g/mol. The highest BCUT2D eigenvalue weighted by Gasteiger charge is 2.16. The Balaban J connectivity index is 0.00000529. The summed E-state index contributed by atoms with van der Waals surface area (Å²) in [6, 6.07) is 10.3. The first-order valence-corrected chi connectivity index (χ1v) is 8.14. The van der Waals surface area contributed by atoms with Gasteiger partial charge in [-0.3, -0.25) is 4.99 Å². The topological polar surface area (TPSA) is 54.9 Å². The van der Waals surface area contributed by atoms with Gasteiger partial charge in [0.2, 0.25) is 0 Å². The number of benzene rings is 1.